The van der Waals surface area contributed by atoms with E-state index in [-0.39, 0.29) is 5.91 Å². The average Bonchev–Trinajstić information content (AvgIpc) is 2.98. The number of nitrogens with one attached hydrogen (secondary N) is 1. The van der Waals surface area contributed by atoms with Gasteiger partial charge in [0.1, 0.15) is 5.69 Å². The van der Waals surface area contributed by atoms with Crippen molar-refractivity contribution in [1.29, 1.82) is 5.26 Å². The Bertz CT molecular complexity index is 877. The number of hydrogen-bond acceptors (Lipinski definition) is 4. The van der Waals surface area contributed by atoms with E-state index < -0.39 is 0 Å². The van der Waals surface area contributed by atoms with E-state index in [1.54, 1.807) is 24.3 Å². The van der Waals surface area contributed by atoms with Crippen molar-refractivity contribution in [2.24, 2.45) is 0 Å². The smallest absolute Gasteiger partial charge is 0.275 e. The lowest BCUT2D eigenvalue weighted by Crippen LogP contribution is -2.13. The van der Waals surface area contributed by atoms with Crippen molar-refractivity contribution in [2.75, 3.05) is 5.32 Å². The number of aromatic nitrogens is 1. The van der Waals surface area contributed by atoms with Gasteiger partial charge in [0.25, 0.3) is 5.91 Å². The number of hydrogen-bond donors (Lipinski definition) is 1. The standard InChI is InChI=1S/C18H13N3OS/c1-12-20-16(17(23-12)14-5-3-2-4-6-14)18(22)21-15-9-7-13(11-19)8-10-15/h2-10H,1H3,(H,21,22). The topological polar surface area (TPSA) is 65.8 Å². The summed E-state index contributed by atoms with van der Waals surface area (Å²) in [6, 6.07) is 18.5. The van der Waals surface area contributed by atoms with E-state index in [2.05, 4.69) is 10.3 Å². The van der Waals surface area contributed by atoms with E-state index in [0.717, 1.165) is 15.4 Å². The van der Waals surface area contributed by atoms with Crippen molar-refractivity contribution in [3.63, 3.8) is 0 Å². The molecule has 112 valence electrons. The Labute approximate surface area is 138 Å². The summed E-state index contributed by atoms with van der Waals surface area (Å²) >= 11 is 1.50. The monoisotopic (exact) mass is 319 g/mol. The first-order valence-corrected chi connectivity index (χ1v) is 7.83. The van der Waals surface area contributed by atoms with Crippen molar-refractivity contribution in [3.8, 4) is 16.5 Å². The van der Waals surface area contributed by atoms with Crippen molar-refractivity contribution >= 4 is 22.9 Å². The third kappa shape index (κ3) is 3.28. The maximum absolute atomic E-state index is 12.5. The van der Waals surface area contributed by atoms with Gasteiger partial charge in [-0.05, 0) is 36.8 Å². The van der Waals surface area contributed by atoms with Gasteiger partial charge in [-0.15, -0.1) is 11.3 Å². The number of thiazole rings is 1. The normalized spacial score (nSPS) is 10.1. The first-order valence-electron chi connectivity index (χ1n) is 7.02. The lowest BCUT2D eigenvalue weighted by atomic mass is 10.1. The summed E-state index contributed by atoms with van der Waals surface area (Å²) in [4.78, 5) is 17.8. The Hall–Kier alpha value is -2.97. The van der Waals surface area contributed by atoms with Gasteiger partial charge >= 0.3 is 0 Å². The molecule has 3 rings (SSSR count). The van der Waals surface area contributed by atoms with Crippen molar-refractivity contribution in [3.05, 3.63) is 70.9 Å². The summed E-state index contributed by atoms with van der Waals surface area (Å²) < 4.78 is 0. The van der Waals surface area contributed by atoms with Gasteiger partial charge < -0.3 is 5.32 Å². The molecular weight excluding hydrogens is 306 g/mol. The second-order valence-corrected chi connectivity index (χ2v) is 6.12. The fourth-order valence-corrected chi connectivity index (χ4v) is 3.11. The third-order valence-electron chi connectivity index (χ3n) is 3.26. The zero-order valence-corrected chi connectivity index (χ0v) is 13.2. The van der Waals surface area contributed by atoms with E-state index in [4.69, 9.17) is 5.26 Å². The largest absolute Gasteiger partial charge is 0.321 e. The summed E-state index contributed by atoms with van der Waals surface area (Å²) in [5, 5.41) is 12.5. The van der Waals surface area contributed by atoms with Gasteiger partial charge in [0.15, 0.2) is 0 Å². The summed E-state index contributed by atoms with van der Waals surface area (Å²) in [5.41, 5.74) is 2.59. The predicted octanol–water partition coefficient (Wildman–Crippen LogP) is 4.24. The molecule has 1 amide bonds. The highest BCUT2D eigenvalue weighted by Gasteiger charge is 2.18. The molecule has 0 atom stereocenters. The molecule has 0 fully saturated rings. The molecular formula is C18H13N3OS. The van der Waals surface area contributed by atoms with Crippen LogP contribution in [0.2, 0.25) is 0 Å². The van der Waals surface area contributed by atoms with Crippen LogP contribution in [0.25, 0.3) is 10.4 Å². The van der Waals surface area contributed by atoms with E-state index in [1.165, 1.54) is 11.3 Å². The molecule has 1 N–H and O–H groups in total. The van der Waals surface area contributed by atoms with Crippen molar-refractivity contribution < 1.29 is 4.79 Å². The molecule has 0 aliphatic rings. The van der Waals surface area contributed by atoms with Crippen LogP contribution in [0.5, 0.6) is 0 Å². The van der Waals surface area contributed by atoms with E-state index in [9.17, 15) is 4.79 Å². The summed E-state index contributed by atoms with van der Waals surface area (Å²) in [7, 11) is 0. The van der Waals surface area contributed by atoms with Crippen LogP contribution in [0.4, 0.5) is 5.69 Å². The minimum Gasteiger partial charge on any atom is -0.321 e. The zero-order valence-electron chi connectivity index (χ0n) is 12.4. The molecule has 0 unspecified atom stereocenters. The molecule has 0 bridgehead atoms. The summed E-state index contributed by atoms with van der Waals surface area (Å²) in [6.45, 7) is 1.88. The minimum atomic E-state index is -0.252. The fourth-order valence-electron chi connectivity index (χ4n) is 2.18. The number of benzene rings is 2. The van der Waals surface area contributed by atoms with Gasteiger partial charge in [-0.25, -0.2) is 4.98 Å². The number of carbonyl (C=O) groups excluding carboxylic acids is 1. The molecule has 0 aliphatic carbocycles. The molecule has 0 radical (unpaired) electrons. The Morgan fingerprint density at radius 3 is 2.48 bits per heavy atom. The van der Waals surface area contributed by atoms with Gasteiger partial charge in [0.05, 0.1) is 21.5 Å². The molecule has 0 saturated heterocycles. The molecule has 0 saturated carbocycles. The molecule has 0 spiro atoms. The molecule has 1 aromatic heterocycles. The van der Waals surface area contributed by atoms with Gasteiger partial charge in [-0.2, -0.15) is 5.26 Å². The van der Waals surface area contributed by atoms with E-state index in [0.29, 0.717) is 16.9 Å². The molecule has 3 aromatic rings. The number of rotatable bonds is 3. The van der Waals surface area contributed by atoms with Gasteiger partial charge in [-0.3, -0.25) is 4.79 Å². The number of anilines is 1. The van der Waals surface area contributed by atoms with Crippen LogP contribution in [0.3, 0.4) is 0 Å². The second-order valence-electron chi connectivity index (χ2n) is 4.92. The highest BCUT2D eigenvalue weighted by molar-refractivity contribution is 7.15. The van der Waals surface area contributed by atoms with Crippen LogP contribution in [0, 0.1) is 18.3 Å². The third-order valence-corrected chi connectivity index (χ3v) is 4.28. The number of amides is 1. The van der Waals surface area contributed by atoms with Crippen molar-refractivity contribution in [2.45, 2.75) is 6.92 Å². The van der Waals surface area contributed by atoms with Crippen LogP contribution < -0.4 is 5.32 Å². The van der Waals surface area contributed by atoms with Crippen LogP contribution >= 0.6 is 11.3 Å². The molecule has 1 heterocycles. The first-order chi connectivity index (χ1) is 11.2. The lowest BCUT2D eigenvalue weighted by Gasteiger charge is -2.05. The number of nitriles is 1. The molecule has 23 heavy (non-hydrogen) atoms. The SMILES string of the molecule is Cc1nc(C(=O)Nc2ccc(C#N)cc2)c(-c2ccccc2)s1. The number of nitrogens with zero attached hydrogens (tertiary/aromatic N) is 2. The van der Waals surface area contributed by atoms with Crippen molar-refractivity contribution in [1.82, 2.24) is 4.98 Å². The Morgan fingerprint density at radius 2 is 1.83 bits per heavy atom. The number of aryl methyl sites for hydroxylation is 1. The second kappa shape index (κ2) is 6.42. The molecule has 4 nitrogen and oxygen atoms in total. The Morgan fingerprint density at radius 1 is 1.13 bits per heavy atom. The highest BCUT2D eigenvalue weighted by Crippen LogP contribution is 2.30. The lowest BCUT2D eigenvalue weighted by molar-refractivity contribution is 0.102. The quantitative estimate of drug-likeness (QED) is 0.785. The zero-order chi connectivity index (χ0) is 16.2. The van der Waals surface area contributed by atoms with Crippen LogP contribution in [-0.4, -0.2) is 10.9 Å². The minimum absolute atomic E-state index is 0.252. The molecule has 2 aromatic carbocycles. The molecule has 0 aliphatic heterocycles. The van der Waals surface area contributed by atoms with Gasteiger partial charge in [0, 0.05) is 5.69 Å². The fraction of sp³-hybridized carbons (Fsp3) is 0.0556. The van der Waals surface area contributed by atoms with Crippen LogP contribution in [0.1, 0.15) is 21.1 Å². The van der Waals surface area contributed by atoms with Crippen LogP contribution in [0.15, 0.2) is 54.6 Å². The predicted molar refractivity (Wildman–Crippen MR) is 91.4 cm³/mol. The molecule has 5 heteroatoms. The van der Waals surface area contributed by atoms with Gasteiger partial charge in [0.2, 0.25) is 0 Å². The maximum Gasteiger partial charge on any atom is 0.275 e. The summed E-state index contributed by atoms with van der Waals surface area (Å²) in [5.74, 6) is -0.252. The van der Waals surface area contributed by atoms with Crippen LogP contribution in [-0.2, 0) is 0 Å². The Balaban J connectivity index is 1.89. The van der Waals surface area contributed by atoms with E-state index in [1.807, 2.05) is 43.3 Å². The van der Waals surface area contributed by atoms with Gasteiger partial charge in [-0.1, -0.05) is 30.3 Å². The highest BCUT2D eigenvalue weighted by atomic mass is 32.1. The average molecular weight is 319 g/mol. The Kier molecular flexibility index (Phi) is 4.18. The summed E-state index contributed by atoms with van der Waals surface area (Å²) in [6.07, 6.45) is 0. The maximum atomic E-state index is 12.5. The first kappa shape index (κ1) is 14.9. The number of carbonyl (C=O) groups is 1. The van der Waals surface area contributed by atoms with E-state index >= 15 is 0 Å².